The maximum atomic E-state index is 10.7. The molecule has 0 saturated carbocycles. The molecule has 100 valence electrons. The molecule has 1 atom stereocenters. The zero-order chi connectivity index (χ0) is 13.8. The third kappa shape index (κ3) is 3.69. The average molecular weight is 279 g/mol. The molecule has 0 radical (unpaired) electrons. The van der Waals surface area contributed by atoms with Crippen LogP contribution in [0.5, 0.6) is 0 Å². The highest BCUT2D eigenvalue weighted by atomic mass is 35.5. The monoisotopic (exact) mass is 278 g/mol. The van der Waals surface area contributed by atoms with Crippen LogP contribution in [0.2, 0.25) is 5.02 Å². The van der Waals surface area contributed by atoms with E-state index < -0.39 is 5.97 Å². The molecule has 1 aliphatic rings. The summed E-state index contributed by atoms with van der Waals surface area (Å²) in [6, 6.07) is 7.34. The van der Waals surface area contributed by atoms with E-state index in [2.05, 4.69) is 11.0 Å². The van der Waals surface area contributed by atoms with E-state index in [9.17, 15) is 4.79 Å². The van der Waals surface area contributed by atoms with Crippen molar-refractivity contribution < 1.29 is 9.90 Å². The summed E-state index contributed by atoms with van der Waals surface area (Å²) in [5.41, 5.74) is 1.54. The van der Waals surface area contributed by atoms with Gasteiger partial charge in [0.05, 0.1) is 11.6 Å². The van der Waals surface area contributed by atoms with E-state index in [1.165, 1.54) is 0 Å². The molecule has 2 rings (SSSR count). The van der Waals surface area contributed by atoms with Crippen LogP contribution in [0.25, 0.3) is 0 Å². The summed E-state index contributed by atoms with van der Waals surface area (Å²) >= 11 is 6.14. The second-order valence-corrected chi connectivity index (χ2v) is 5.31. The maximum Gasteiger partial charge on any atom is 0.303 e. The van der Waals surface area contributed by atoms with Gasteiger partial charge in [-0.15, -0.1) is 0 Å². The van der Waals surface area contributed by atoms with Gasteiger partial charge in [-0.3, -0.25) is 9.69 Å². The minimum absolute atomic E-state index is 0.231. The molecule has 1 aliphatic heterocycles. The van der Waals surface area contributed by atoms with E-state index in [0.717, 1.165) is 25.1 Å². The molecule has 1 unspecified atom stereocenters. The molecule has 19 heavy (non-hydrogen) atoms. The van der Waals surface area contributed by atoms with Crippen molar-refractivity contribution in [1.29, 1.82) is 5.26 Å². The summed E-state index contributed by atoms with van der Waals surface area (Å²) in [7, 11) is 0. The van der Waals surface area contributed by atoms with Gasteiger partial charge >= 0.3 is 5.97 Å². The van der Waals surface area contributed by atoms with Gasteiger partial charge in [-0.25, -0.2) is 0 Å². The van der Waals surface area contributed by atoms with Gasteiger partial charge in [-0.1, -0.05) is 17.7 Å². The molecule has 1 aromatic carbocycles. The number of hydrogen-bond acceptors (Lipinski definition) is 3. The Bertz CT molecular complexity index is 525. The van der Waals surface area contributed by atoms with Crippen LogP contribution in [-0.4, -0.2) is 29.1 Å². The lowest BCUT2D eigenvalue weighted by Crippen LogP contribution is -2.21. The fraction of sp³-hybridized carbons (Fsp3) is 0.429. The number of aliphatic carboxylic acids is 1. The van der Waals surface area contributed by atoms with Crippen LogP contribution in [0, 0.1) is 17.2 Å². The quantitative estimate of drug-likeness (QED) is 0.919. The summed E-state index contributed by atoms with van der Waals surface area (Å²) in [6.07, 6.45) is 1.15. The molecule has 0 bridgehead atoms. The summed E-state index contributed by atoms with van der Waals surface area (Å²) in [6.45, 7) is 2.40. The lowest BCUT2D eigenvalue weighted by atomic mass is 10.1. The molecule has 1 fully saturated rings. The smallest absolute Gasteiger partial charge is 0.303 e. The summed E-state index contributed by atoms with van der Waals surface area (Å²) in [5.74, 6) is -0.502. The van der Waals surface area contributed by atoms with Gasteiger partial charge in [0.2, 0.25) is 0 Å². The van der Waals surface area contributed by atoms with E-state index in [0.29, 0.717) is 17.1 Å². The van der Waals surface area contributed by atoms with Crippen molar-refractivity contribution in [1.82, 2.24) is 4.90 Å². The van der Waals surface area contributed by atoms with Crippen LogP contribution < -0.4 is 0 Å². The molecular weight excluding hydrogens is 264 g/mol. The first kappa shape index (κ1) is 13.9. The van der Waals surface area contributed by atoms with Crippen LogP contribution in [0.15, 0.2) is 18.2 Å². The Morgan fingerprint density at radius 1 is 1.58 bits per heavy atom. The molecule has 0 aliphatic carbocycles. The molecule has 4 nitrogen and oxygen atoms in total. The zero-order valence-corrected chi connectivity index (χ0v) is 11.2. The molecule has 0 aromatic heterocycles. The van der Waals surface area contributed by atoms with Crippen molar-refractivity contribution in [2.45, 2.75) is 19.4 Å². The zero-order valence-electron chi connectivity index (χ0n) is 10.5. The maximum absolute atomic E-state index is 10.7. The van der Waals surface area contributed by atoms with Crippen LogP contribution >= 0.6 is 11.6 Å². The van der Waals surface area contributed by atoms with Crippen molar-refractivity contribution in [3.63, 3.8) is 0 Å². The molecule has 1 saturated heterocycles. The lowest BCUT2D eigenvalue weighted by molar-refractivity contribution is -0.138. The number of carboxylic acid groups (broad SMARTS) is 1. The molecule has 1 N–H and O–H groups in total. The largest absolute Gasteiger partial charge is 0.481 e. The van der Waals surface area contributed by atoms with Gasteiger partial charge in [-0.2, -0.15) is 5.26 Å². The SMILES string of the molecule is N#Cc1ccc(CN2CCC(CC(=O)O)C2)c(Cl)c1. The lowest BCUT2D eigenvalue weighted by Gasteiger charge is -2.16. The molecule has 1 aromatic rings. The van der Waals surface area contributed by atoms with Crippen LogP contribution in [0.1, 0.15) is 24.0 Å². The number of nitrogens with zero attached hydrogens (tertiary/aromatic N) is 2. The Kier molecular flexibility index (Phi) is 4.41. The molecule has 0 amide bonds. The number of likely N-dealkylation sites (tertiary alicyclic amines) is 1. The first-order valence-corrected chi connectivity index (χ1v) is 6.59. The standard InChI is InChI=1S/C14H15ClN2O2/c15-13-5-10(7-16)1-2-12(13)9-17-4-3-11(8-17)6-14(18)19/h1-2,5,11H,3-4,6,8-9H2,(H,18,19). The van der Waals surface area contributed by atoms with Gasteiger partial charge in [0.1, 0.15) is 0 Å². The number of rotatable bonds is 4. The van der Waals surface area contributed by atoms with Crippen molar-refractivity contribution in [2.24, 2.45) is 5.92 Å². The third-order valence-corrected chi connectivity index (χ3v) is 3.76. The van der Waals surface area contributed by atoms with Crippen LogP contribution in [0.4, 0.5) is 0 Å². The number of halogens is 1. The number of hydrogen-bond donors (Lipinski definition) is 1. The second-order valence-electron chi connectivity index (χ2n) is 4.91. The third-order valence-electron chi connectivity index (χ3n) is 3.41. The van der Waals surface area contributed by atoms with E-state index in [1.807, 2.05) is 6.07 Å². The summed E-state index contributed by atoms with van der Waals surface area (Å²) in [4.78, 5) is 12.9. The predicted molar refractivity (Wildman–Crippen MR) is 71.8 cm³/mol. The predicted octanol–water partition coefficient (Wildman–Crippen LogP) is 2.51. The highest BCUT2D eigenvalue weighted by molar-refractivity contribution is 6.31. The van der Waals surface area contributed by atoms with Crippen molar-refractivity contribution >= 4 is 17.6 Å². The Balaban J connectivity index is 1.96. The second kappa shape index (κ2) is 6.05. The first-order valence-electron chi connectivity index (χ1n) is 6.21. The number of carbonyl (C=O) groups is 1. The number of carboxylic acids is 1. The van der Waals surface area contributed by atoms with E-state index in [-0.39, 0.29) is 12.3 Å². The fourth-order valence-electron chi connectivity index (χ4n) is 2.46. The van der Waals surface area contributed by atoms with Crippen molar-refractivity contribution in [2.75, 3.05) is 13.1 Å². The Hall–Kier alpha value is -1.57. The molecule has 1 heterocycles. The average Bonchev–Trinajstić information content (AvgIpc) is 2.78. The first-order chi connectivity index (χ1) is 9.08. The van der Waals surface area contributed by atoms with Crippen LogP contribution in [-0.2, 0) is 11.3 Å². The Morgan fingerprint density at radius 3 is 3.00 bits per heavy atom. The Morgan fingerprint density at radius 2 is 2.37 bits per heavy atom. The fourth-order valence-corrected chi connectivity index (χ4v) is 2.70. The van der Waals surface area contributed by atoms with Crippen LogP contribution in [0.3, 0.4) is 0 Å². The van der Waals surface area contributed by atoms with E-state index in [4.69, 9.17) is 22.0 Å². The number of nitriles is 1. The summed E-state index contributed by atoms with van der Waals surface area (Å²) < 4.78 is 0. The van der Waals surface area contributed by atoms with Gasteiger partial charge in [0, 0.05) is 24.5 Å². The minimum atomic E-state index is -0.733. The van der Waals surface area contributed by atoms with Crippen molar-refractivity contribution in [3.05, 3.63) is 34.3 Å². The minimum Gasteiger partial charge on any atom is -0.481 e. The molecule has 5 heteroatoms. The topological polar surface area (TPSA) is 64.3 Å². The van der Waals surface area contributed by atoms with Gasteiger partial charge in [-0.05, 0) is 36.6 Å². The normalized spacial score (nSPS) is 19.3. The molecular formula is C14H15ClN2O2. The highest BCUT2D eigenvalue weighted by Gasteiger charge is 2.24. The molecule has 0 spiro atoms. The van der Waals surface area contributed by atoms with Gasteiger partial charge in [0.25, 0.3) is 0 Å². The number of benzene rings is 1. The van der Waals surface area contributed by atoms with E-state index >= 15 is 0 Å². The van der Waals surface area contributed by atoms with E-state index in [1.54, 1.807) is 12.1 Å². The summed E-state index contributed by atoms with van der Waals surface area (Å²) in [5, 5.41) is 18.2. The van der Waals surface area contributed by atoms with Gasteiger partial charge in [0.15, 0.2) is 0 Å². The Labute approximate surface area is 117 Å². The van der Waals surface area contributed by atoms with Gasteiger partial charge < -0.3 is 5.11 Å². The highest BCUT2D eigenvalue weighted by Crippen LogP contribution is 2.24. The van der Waals surface area contributed by atoms with Crippen molar-refractivity contribution in [3.8, 4) is 6.07 Å².